The largest absolute Gasteiger partial charge is 0.375 e. The zero-order valence-corrected chi connectivity index (χ0v) is 10.1. The summed E-state index contributed by atoms with van der Waals surface area (Å²) in [7, 11) is 2.04. The van der Waals surface area contributed by atoms with Crippen LogP contribution in [0, 0.1) is 5.92 Å². The van der Waals surface area contributed by atoms with E-state index in [0.29, 0.717) is 5.60 Å². The normalized spacial score (nSPS) is 29.8. The molecule has 0 amide bonds. The van der Waals surface area contributed by atoms with E-state index >= 15 is 0 Å². The van der Waals surface area contributed by atoms with Crippen LogP contribution in [0.3, 0.4) is 0 Å². The smallest absolute Gasteiger partial charge is 0.0685 e. The van der Waals surface area contributed by atoms with Crippen molar-refractivity contribution in [3.63, 3.8) is 0 Å². The summed E-state index contributed by atoms with van der Waals surface area (Å²) >= 11 is 0. The summed E-state index contributed by atoms with van der Waals surface area (Å²) in [5, 5.41) is 3.24. The number of nitrogens with one attached hydrogen (secondary N) is 1. The van der Waals surface area contributed by atoms with Gasteiger partial charge >= 0.3 is 0 Å². The number of rotatable bonds is 4. The first kappa shape index (κ1) is 11.4. The van der Waals surface area contributed by atoms with E-state index in [9.17, 15) is 0 Å². The quantitative estimate of drug-likeness (QED) is 0.722. The van der Waals surface area contributed by atoms with Crippen molar-refractivity contribution in [2.24, 2.45) is 5.92 Å². The van der Waals surface area contributed by atoms with Crippen molar-refractivity contribution in [1.29, 1.82) is 0 Å². The van der Waals surface area contributed by atoms with Crippen molar-refractivity contribution in [2.45, 2.75) is 57.0 Å². The molecule has 1 aliphatic heterocycles. The van der Waals surface area contributed by atoms with Gasteiger partial charge in [0.25, 0.3) is 0 Å². The molecule has 2 rings (SSSR count). The summed E-state index contributed by atoms with van der Waals surface area (Å²) in [6.07, 6.45) is 10.8. The van der Waals surface area contributed by atoms with Gasteiger partial charge in [-0.05, 0) is 58.0 Å². The minimum atomic E-state index is 0.322. The van der Waals surface area contributed by atoms with Crippen LogP contribution in [0.25, 0.3) is 0 Å². The first-order chi connectivity index (χ1) is 7.35. The number of ether oxygens (including phenoxy) is 1. The standard InChI is InChI=1S/C13H25NO/c1-14-9-4-5-12-6-10-15-13(11-12)7-2-3-8-13/h12,14H,2-11H2,1H3. The van der Waals surface area contributed by atoms with E-state index in [1.165, 1.54) is 57.9 Å². The summed E-state index contributed by atoms with van der Waals surface area (Å²) in [6.45, 7) is 2.19. The van der Waals surface area contributed by atoms with E-state index in [4.69, 9.17) is 4.74 Å². The molecule has 1 aliphatic carbocycles. The van der Waals surface area contributed by atoms with E-state index in [-0.39, 0.29) is 0 Å². The molecule has 1 atom stereocenters. The molecule has 0 aromatic carbocycles. The Morgan fingerprint density at radius 1 is 1.33 bits per heavy atom. The maximum absolute atomic E-state index is 6.05. The fraction of sp³-hybridized carbons (Fsp3) is 1.00. The summed E-state index contributed by atoms with van der Waals surface area (Å²) in [4.78, 5) is 0. The zero-order valence-electron chi connectivity index (χ0n) is 10.1. The molecule has 0 radical (unpaired) electrons. The second-order valence-electron chi connectivity index (χ2n) is 5.34. The average molecular weight is 211 g/mol. The van der Waals surface area contributed by atoms with Crippen LogP contribution in [0.15, 0.2) is 0 Å². The zero-order chi connectivity index (χ0) is 10.6. The van der Waals surface area contributed by atoms with Gasteiger partial charge in [-0.1, -0.05) is 12.8 Å². The minimum absolute atomic E-state index is 0.322. The molecule has 1 heterocycles. The molecule has 15 heavy (non-hydrogen) atoms. The molecule has 1 unspecified atom stereocenters. The van der Waals surface area contributed by atoms with Crippen LogP contribution in [0.4, 0.5) is 0 Å². The fourth-order valence-electron chi connectivity index (χ4n) is 3.31. The van der Waals surface area contributed by atoms with Gasteiger partial charge in [0.2, 0.25) is 0 Å². The highest BCUT2D eigenvalue weighted by molar-refractivity contribution is 4.91. The van der Waals surface area contributed by atoms with E-state index in [2.05, 4.69) is 5.32 Å². The molecule has 1 saturated carbocycles. The Kier molecular flexibility index (Phi) is 4.04. The maximum atomic E-state index is 6.05. The van der Waals surface area contributed by atoms with Gasteiger partial charge in [0.1, 0.15) is 0 Å². The topological polar surface area (TPSA) is 21.3 Å². The SMILES string of the molecule is CNCCCC1CCOC2(CCCC2)C1. The average Bonchev–Trinajstić information content (AvgIpc) is 2.67. The first-order valence-corrected chi connectivity index (χ1v) is 6.63. The minimum Gasteiger partial charge on any atom is -0.375 e. The molecule has 0 aromatic heterocycles. The lowest BCUT2D eigenvalue weighted by Gasteiger charge is -2.38. The molecule has 2 fully saturated rings. The molecular formula is C13H25NO. The van der Waals surface area contributed by atoms with Crippen LogP contribution in [0.1, 0.15) is 51.4 Å². The van der Waals surface area contributed by atoms with Crippen molar-refractivity contribution in [3.8, 4) is 0 Å². The molecule has 1 saturated heterocycles. The molecule has 1 N–H and O–H groups in total. The Morgan fingerprint density at radius 2 is 2.13 bits per heavy atom. The maximum Gasteiger partial charge on any atom is 0.0685 e. The van der Waals surface area contributed by atoms with Crippen molar-refractivity contribution >= 4 is 0 Å². The van der Waals surface area contributed by atoms with Gasteiger partial charge < -0.3 is 10.1 Å². The lowest BCUT2D eigenvalue weighted by Crippen LogP contribution is -2.37. The summed E-state index contributed by atoms with van der Waals surface area (Å²) in [5.74, 6) is 0.935. The van der Waals surface area contributed by atoms with Gasteiger partial charge in [-0.25, -0.2) is 0 Å². The van der Waals surface area contributed by atoms with Gasteiger partial charge in [0.15, 0.2) is 0 Å². The second kappa shape index (κ2) is 5.31. The summed E-state index contributed by atoms with van der Waals surface area (Å²) in [5.41, 5.74) is 0.322. The van der Waals surface area contributed by atoms with Gasteiger partial charge in [-0.15, -0.1) is 0 Å². The first-order valence-electron chi connectivity index (χ1n) is 6.63. The van der Waals surface area contributed by atoms with Crippen LogP contribution >= 0.6 is 0 Å². The van der Waals surface area contributed by atoms with Gasteiger partial charge in [-0.2, -0.15) is 0 Å². The lowest BCUT2D eigenvalue weighted by atomic mass is 9.82. The van der Waals surface area contributed by atoms with E-state index in [0.717, 1.165) is 12.5 Å². The molecule has 1 spiro atoms. The van der Waals surface area contributed by atoms with Gasteiger partial charge in [0.05, 0.1) is 5.60 Å². The van der Waals surface area contributed by atoms with Crippen LogP contribution in [0.2, 0.25) is 0 Å². The third kappa shape index (κ3) is 2.94. The molecule has 0 bridgehead atoms. The van der Waals surface area contributed by atoms with Crippen molar-refractivity contribution in [2.75, 3.05) is 20.2 Å². The van der Waals surface area contributed by atoms with E-state index in [1.54, 1.807) is 0 Å². The van der Waals surface area contributed by atoms with Gasteiger partial charge in [0, 0.05) is 6.61 Å². The molecule has 2 nitrogen and oxygen atoms in total. The Bertz CT molecular complexity index is 187. The fourth-order valence-corrected chi connectivity index (χ4v) is 3.31. The summed E-state index contributed by atoms with van der Waals surface area (Å²) < 4.78 is 6.05. The lowest BCUT2D eigenvalue weighted by molar-refractivity contribution is -0.0938. The highest BCUT2D eigenvalue weighted by Crippen LogP contribution is 2.42. The Hall–Kier alpha value is -0.0800. The number of hydrogen-bond donors (Lipinski definition) is 1. The Labute approximate surface area is 93.8 Å². The van der Waals surface area contributed by atoms with Gasteiger partial charge in [-0.3, -0.25) is 0 Å². The van der Waals surface area contributed by atoms with Crippen LogP contribution in [0.5, 0.6) is 0 Å². The van der Waals surface area contributed by atoms with Crippen LogP contribution < -0.4 is 5.32 Å². The highest BCUT2D eigenvalue weighted by Gasteiger charge is 2.39. The molecule has 2 heteroatoms. The van der Waals surface area contributed by atoms with Crippen molar-refractivity contribution in [3.05, 3.63) is 0 Å². The second-order valence-corrected chi connectivity index (χ2v) is 5.34. The molecule has 0 aromatic rings. The monoisotopic (exact) mass is 211 g/mol. The van der Waals surface area contributed by atoms with Crippen molar-refractivity contribution in [1.82, 2.24) is 5.32 Å². The third-order valence-corrected chi connectivity index (χ3v) is 4.15. The number of hydrogen-bond acceptors (Lipinski definition) is 2. The van der Waals surface area contributed by atoms with Crippen LogP contribution in [-0.4, -0.2) is 25.8 Å². The molecule has 2 aliphatic rings. The van der Waals surface area contributed by atoms with E-state index in [1.807, 2.05) is 7.05 Å². The molecule has 88 valence electrons. The molecular weight excluding hydrogens is 186 g/mol. The van der Waals surface area contributed by atoms with E-state index < -0.39 is 0 Å². The third-order valence-electron chi connectivity index (χ3n) is 4.15. The Morgan fingerprint density at radius 3 is 2.87 bits per heavy atom. The van der Waals surface area contributed by atoms with Crippen molar-refractivity contribution < 1.29 is 4.74 Å². The highest BCUT2D eigenvalue weighted by atomic mass is 16.5. The predicted molar refractivity (Wildman–Crippen MR) is 63.0 cm³/mol. The van der Waals surface area contributed by atoms with Crippen LogP contribution in [-0.2, 0) is 4.74 Å². The Balaban J connectivity index is 1.76. The summed E-state index contributed by atoms with van der Waals surface area (Å²) in [6, 6.07) is 0. The predicted octanol–water partition coefficient (Wildman–Crippen LogP) is 2.73.